The Labute approximate surface area is 110 Å². The third-order valence-corrected chi connectivity index (χ3v) is 3.26. The summed E-state index contributed by atoms with van der Waals surface area (Å²) in [5.41, 5.74) is 0. The molecule has 18 heavy (non-hydrogen) atoms. The minimum absolute atomic E-state index is 0.121. The molecule has 0 aromatic heterocycles. The normalized spacial score (nSPS) is 21.1. The van der Waals surface area contributed by atoms with E-state index in [0.29, 0.717) is 13.2 Å². The predicted molar refractivity (Wildman–Crippen MR) is 70.5 cm³/mol. The van der Waals surface area contributed by atoms with Crippen molar-refractivity contribution in [3.05, 3.63) is 0 Å². The Morgan fingerprint density at radius 2 is 2.17 bits per heavy atom. The Hall–Kier alpha value is -0.650. The van der Waals surface area contributed by atoms with Crippen molar-refractivity contribution in [3.8, 4) is 0 Å². The van der Waals surface area contributed by atoms with Gasteiger partial charge < -0.3 is 14.8 Å². The van der Waals surface area contributed by atoms with E-state index in [-0.39, 0.29) is 17.9 Å². The average Bonchev–Trinajstić information content (AvgIpc) is 2.59. The van der Waals surface area contributed by atoms with Gasteiger partial charge >= 0.3 is 5.97 Å². The monoisotopic (exact) mass is 258 g/mol. The molecule has 0 aliphatic carbocycles. The van der Waals surface area contributed by atoms with Gasteiger partial charge in [0.25, 0.3) is 0 Å². The zero-order valence-corrected chi connectivity index (χ0v) is 11.8. The molecule has 1 fully saturated rings. The molecule has 0 aromatic rings. The minimum atomic E-state index is -0.190. The molecule has 1 aliphatic rings. The molecule has 2 atom stereocenters. The van der Waals surface area contributed by atoms with Crippen LogP contribution in [0, 0.1) is 5.92 Å². The maximum atomic E-state index is 12.1. The first kappa shape index (κ1) is 15.4. The molecule has 1 aliphatic heterocycles. The highest BCUT2D eigenvalue weighted by Crippen LogP contribution is 2.15. The number of nitrogens with one attached hydrogen (secondary N) is 1. The number of hydrogen-bond acceptors (Lipinski definition) is 5. The topological polar surface area (TPSA) is 50.8 Å². The van der Waals surface area contributed by atoms with Gasteiger partial charge in [-0.2, -0.15) is 0 Å². The van der Waals surface area contributed by atoms with Crippen LogP contribution in [0.1, 0.15) is 20.3 Å². The minimum Gasteiger partial charge on any atom is -0.465 e. The van der Waals surface area contributed by atoms with Gasteiger partial charge in [0, 0.05) is 32.7 Å². The quantitative estimate of drug-likeness (QED) is 0.703. The standard InChI is InChI=1S/C13H26N2O3/c1-4-18-13(16)12(11(2)10-17-3)15-8-5-6-14-7-9-15/h11-12,14H,4-10H2,1-3H3. The number of rotatable bonds is 6. The van der Waals surface area contributed by atoms with E-state index >= 15 is 0 Å². The molecule has 0 bridgehead atoms. The van der Waals surface area contributed by atoms with Crippen LogP contribution in [0.3, 0.4) is 0 Å². The number of methoxy groups -OCH3 is 1. The predicted octanol–water partition coefficient (Wildman–Crippen LogP) is 0.496. The van der Waals surface area contributed by atoms with Crippen molar-refractivity contribution < 1.29 is 14.3 Å². The summed E-state index contributed by atoms with van der Waals surface area (Å²) in [4.78, 5) is 14.4. The number of esters is 1. The van der Waals surface area contributed by atoms with E-state index in [9.17, 15) is 4.79 Å². The Morgan fingerprint density at radius 1 is 1.39 bits per heavy atom. The molecular formula is C13H26N2O3. The highest BCUT2D eigenvalue weighted by molar-refractivity contribution is 5.76. The van der Waals surface area contributed by atoms with Gasteiger partial charge in [0.15, 0.2) is 0 Å². The SMILES string of the molecule is CCOC(=O)C(C(C)COC)N1CCCNCC1. The van der Waals surface area contributed by atoms with Crippen LogP contribution in [0.5, 0.6) is 0 Å². The molecule has 0 aromatic carbocycles. The first-order valence-corrected chi connectivity index (χ1v) is 6.81. The molecule has 0 amide bonds. The third-order valence-electron chi connectivity index (χ3n) is 3.26. The molecule has 0 spiro atoms. The van der Waals surface area contributed by atoms with Gasteiger partial charge in [-0.25, -0.2) is 0 Å². The highest BCUT2D eigenvalue weighted by atomic mass is 16.5. The second-order valence-electron chi connectivity index (χ2n) is 4.77. The second-order valence-corrected chi connectivity index (χ2v) is 4.77. The third kappa shape index (κ3) is 4.55. The van der Waals surface area contributed by atoms with Gasteiger partial charge in [0.1, 0.15) is 6.04 Å². The Balaban J connectivity index is 2.70. The molecule has 1 saturated heterocycles. The number of hydrogen-bond donors (Lipinski definition) is 1. The van der Waals surface area contributed by atoms with Crippen molar-refractivity contribution in [2.75, 3.05) is 46.5 Å². The van der Waals surface area contributed by atoms with E-state index in [4.69, 9.17) is 9.47 Å². The van der Waals surface area contributed by atoms with Crippen LogP contribution >= 0.6 is 0 Å². The Kier molecular flexibility index (Phi) is 7.23. The molecule has 0 saturated carbocycles. The lowest BCUT2D eigenvalue weighted by Gasteiger charge is -2.32. The molecule has 106 valence electrons. The van der Waals surface area contributed by atoms with Crippen LogP contribution in [0.15, 0.2) is 0 Å². The fourth-order valence-corrected chi connectivity index (χ4v) is 2.47. The Morgan fingerprint density at radius 3 is 2.83 bits per heavy atom. The van der Waals surface area contributed by atoms with Crippen LogP contribution in [-0.2, 0) is 14.3 Å². The zero-order chi connectivity index (χ0) is 13.4. The first-order chi connectivity index (χ1) is 8.70. The summed E-state index contributed by atoms with van der Waals surface area (Å²) >= 11 is 0. The molecule has 5 heteroatoms. The Bertz CT molecular complexity index is 240. The lowest BCUT2D eigenvalue weighted by Crippen LogP contribution is -2.48. The maximum Gasteiger partial charge on any atom is 0.323 e. The van der Waals surface area contributed by atoms with Crippen molar-refractivity contribution in [3.63, 3.8) is 0 Å². The fraction of sp³-hybridized carbons (Fsp3) is 0.923. The van der Waals surface area contributed by atoms with Gasteiger partial charge in [0.2, 0.25) is 0 Å². The molecule has 1 N–H and O–H groups in total. The molecule has 2 unspecified atom stereocenters. The van der Waals surface area contributed by atoms with Crippen LogP contribution in [-0.4, -0.2) is 63.4 Å². The first-order valence-electron chi connectivity index (χ1n) is 6.81. The summed E-state index contributed by atoms with van der Waals surface area (Å²) < 4.78 is 10.4. The van der Waals surface area contributed by atoms with E-state index in [2.05, 4.69) is 10.2 Å². The van der Waals surface area contributed by atoms with Gasteiger partial charge in [-0.3, -0.25) is 9.69 Å². The number of ether oxygens (including phenoxy) is 2. The number of carbonyl (C=O) groups is 1. The lowest BCUT2D eigenvalue weighted by molar-refractivity contribution is -0.152. The van der Waals surface area contributed by atoms with Gasteiger partial charge in [0.05, 0.1) is 13.2 Å². The van der Waals surface area contributed by atoms with Crippen molar-refractivity contribution in [1.29, 1.82) is 0 Å². The summed E-state index contributed by atoms with van der Waals surface area (Å²) in [7, 11) is 1.67. The van der Waals surface area contributed by atoms with E-state index in [1.54, 1.807) is 7.11 Å². The van der Waals surface area contributed by atoms with Crippen molar-refractivity contribution >= 4 is 5.97 Å². The number of nitrogens with zero attached hydrogens (tertiary/aromatic N) is 1. The lowest BCUT2D eigenvalue weighted by atomic mass is 10.0. The van der Waals surface area contributed by atoms with E-state index in [1.807, 2.05) is 13.8 Å². The van der Waals surface area contributed by atoms with E-state index in [1.165, 1.54) is 0 Å². The largest absolute Gasteiger partial charge is 0.465 e. The number of carbonyl (C=O) groups excluding carboxylic acids is 1. The van der Waals surface area contributed by atoms with Gasteiger partial charge in [-0.15, -0.1) is 0 Å². The van der Waals surface area contributed by atoms with Crippen LogP contribution in [0.25, 0.3) is 0 Å². The van der Waals surface area contributed by atoms with Crippen LogP contribution < -0.4 is 5.32 Å². The molecule has 0 radical (unpaired) electrons. The van der Waals surface area contributed by atoms with Crippen molar-refractivity contribution in [2.45, 2.75) is 26.3 Å². The summed E-state index contributed by atoms with van der Waals surface area (Å²) in [6, 6.07) is -0.190. The van der Waals surface area contributed by atoms with Crippen molar-refractivity contribution in [1.82, 2.24) is 10.2 Å². The summed E-state index contributed by atoms with van der Waals surface area (Å²) in [6.45, 7) is 8.67. The fourth-order valence-electron chi connectivity index (χ4n) is 2.47. The second kappa shape index (κ2) is 8.45. The summed E-state index contributed by atoms with van der Waals surface area (Å²) in [5, 5.41) is 3.35. The maximum absolute atomic E-state index is 12.1. The molecule has 1 rings (SSSR count). The van der Waals surface area contributed by atoms with E-state index in [0.717, 1.165) is 32.6 Å². The zero-order valence-electron chi connectivity index (χ0n) is 11.8. The van der Waals surface area contributed by atoms with Crippen LogP contribution in [0.2, 0.25) is 0 Å². The highest BCUT2D eigenvalue weighted by Gasteiger charge is 2.32. The van der Waals surface area contributed by atoms with E-state index < -0.39 is 0 Å². The van der Waals surface area contributed by atoms with Crippen LogP contribution in [0.4, 0.5) is 0 Å². The average molecular weight is 258 g/mol. The molecule has 1 heterocycles. The summed E-state index contributed by atoms with van der Waals surface area (Å²) in [5.74, 6) is 0.0242. The van der Waals surface area contributed by atoms with Crippen molar-refractivity contribution in [2.24, 2.45) is 5.92 Å². The molecular weight excluding hydrogens is 232 g/mol. The van der Waals surface area contributed by atoms with Gasteiger partial charge in [-0.1, -0.05) is 6.92 Å². The van der Waals surface area contributed by atoms with Gasteiger partial charge in [-0.05, 0) is 19.9 Å². The summed E-state index contributed by atoms with van der Waals surface area (Å²) in [6.07, 6.45) is 1.07. The molecule has 5 nitrogen and oxygen atoms in total. The smallest absolute Gasteiger partial charge is 0.323 e.